The van der Waals surface area contributed by atoms with Crippen molar-refractivity contribution >= 4 is 5.97 Å². The van der Waals surface area contributed by atoms with E-state index < -0.39 is 12.1 Å². The Bertz CT molecular complexity index is 131. The number of carboxylic acids is 1. The molecule has 0 spiro atoms. The van der Waals surface area contributed by atoms with Crippen molar-refractivity contribution in [3.63, 3.8) is 0 Å². The van der Waals surface area contributed by atoms with E-state index in [0.717, 1.165) is 0 Å². The molecule has 0 aliphatic carbocycles. The van der Waals surface area contributed by atoms with E-state index in [4.69, 9.17) is 9.84 Å². The molecule has 1 rings (SSSR count). The summed E-state index contributed by atoms with van der Waals surface area (Å²) >= 11 is 0. The highest BCUT2D eigenvalue weighted by atomic mass is 16.6. The van der Waals surface area contributed by atoms with Crippen LogP contribution in [0.1, 0.15) is 20.3 Å². The highest BCUT2D eigenvalue weighted by molar-refractivity contribution is 5.73. The predicted octanol–water partition coefficient (Wildman–Crippen LogP) is 0.639. The van der Waals surface area contributed by atoms with Gasteiger partial charge in [-0.05, 0) is 13.8 Å². The molecule has 52 valence electrons. The normalized spacial score (nSPS) is 31.1. The van der Waals surface area contributed by atoms with Crippen LogP contribution in [0.2, 0.25) is 0 Å². The van der Waals surface area contributed by atoms with Gasteiger partial charge in [-0.1, -0.05) is 0 Å². The monoisotopic (exact) mass is 130 g/mol. The van der Waals surface area contributed by atoms with Gasteiger partial charge in [-0.25, -0.2) is 4.79 Å². The fourth-order valence-corrected chi connectivity index (χ4v) is 0.960. The maximum Gasteiger partial charge on any atom is 0.332 e. The van der Waals surface area contributed by atoms with Gasteiger partial charge in [-0.15, -0.1) is 0 Å². The molecule has 1 N–H and O–H groups in total. The number of rotatable bonds is 1. The smallest absolute Gasteiger partial charge is 0.332 e. The Hall–Kier alpha value is -0.570. The molecule has 1 saturated heterocycles. The van der Waals surface area contributed by atoms with Gasteiger partial charge in [-0.3, -0.25) is 0 Å². The van der Waals surface area contributed by atoms with E-state index in [-0.39, 0.29) is 5.60 Å². The second-order valence-electron chi connectivity index (χ2n) is 2.91. The Morgan fingerprint density at radius 2 is 2.22 bits per heavy atom. The van der Waals surface area contributed by atoms with Crippen LogP contribution in [0.5, 0.6) is 0 Å². The predicted molar refractivity (Wildman–Crippen MR) is 31.2 cm³/mol. The second-order valence-corrected chi connectivity index (χ2v) is 2.91. The summed E-state index contributed by atoms with van der Waals surface area (Å²) in [6, 6.07) is 0. The molecule has 0 amide bonds. The van der Waals surface area contributed by atoms with Crippen LogP contribution in [-0.2, 0) is 9.53 Å². The molecule has 0 aromatic carbocycles. The lowest BCUT2D eigenvalue weighted by Gasteiger charge is -2.40. The van der Waals surface area contributed by atoms with E-state index >= 15 is 0 Å². The summed E-state index contributed by atoms with van der Waals surface area (Å²) in [5.41, 5.74) is -0.205. The van der Waals surface area contributed by atoms with Crippen molar-refractivity contribution < 1.29 is 14.6 Å². The second kappa shape index (κ2) is 1.70. The van der Waals surface area contributed by atoms with Gasteiger partial charge in [0.2, 0.25) is 0 Å². The summed E-state index contributed by atoms with van der Waals surface area (Å²) in [6.07, 6.45) is 0.0718. The lowest BCUT2D eigenvalue weighted by molar-refractivity contribution is -0.205. The SMILES string of the molecule is CC1(C)CC(C(=O)O)O1. The Kier molecular flexibility index (Phi) is 1.24. The zero-order valence-electron chi connectivity index (χ0n) is 5.55. The number of carboxylic acid groups (broad SMARTS) is 1. The van der Waals surface area contributed by atoms with Crippen LogP contribution in [0.25, 0.3) is 0 Å². The minimum atomic E-state index is -0.852. The summed E-state index contributed by atoms with van der Waals surface area (Å²) in [5.74, 6) is -0.852. The molecule has 0 saturated carbocycles. The Morgan fingerprint density at radius 1 is 1.78 bits per heavy atom. The van der Waals surface area contributed by atoms with E-state index in [1.807, 2.05) is 13.8 Å². The third kappa shape index (κ3) is 1.21. The van der Waals surface area contributed by atoms with Crippen molar-refractivity contribution in [1.29, 1.82) is 0 Å². The maximum atomic E-state index is 10.1. The van der Waals surface area contributed by atoms with Gasteiger partial charge >= 0.3 is 5.97 Å². The van der Waals surface area contributed by atoms with Crippen LogP contribution < -0.4 is 0 Å². The van der Waals surface area contributed by atoms with Crippen molar-refractivity contribution in [3.8, 4) is 0 Å². The van der Waals surface area contributed by atoms with E-state index in [1.54, 1.807) is 0 Å². The van der Waals surface area contributed by atoms with E-state index in [1.165, 1.54) is 0 Å². The maximum absolute atomic E-state index is 10.1. The first kappa shape index (κ1) is 6.55. The summed E-state index contributed by atoms with van der Waals surface area (Å²) in [5, 5.41) is 8.34. The van der Waals surface area contributed by atoms with E-state index in [9.17, 15) is 4.79 Å². The Balaban J connectivity index is 2.35. The molecule has 9 heavy (non-hydrogen) atoms. The average Bonchev–Trinajstić information content (AvgIpc) is 1.59. The first-order valence-corrected chi connectivity index (χ1v) is 2.92. The molecule has 1 aliphatic rings. The van der Waals surface area contributed by atoms with Crippen LogP contribution in [-0.4, -0.2) is 22.8 Å². The first-order chi connectivity index (χ1) is 4.01. The van der Waals surface area contributed by atoms with E-state index in [2.05, 4.69) is 0 Å². The van der Waals surface area contributed by atoms with E-state index in [0.29, 0.717) is 6.42 Å². The number of hydrogen-bond acceptors (Lipinski definition) is 2. The van der Waals surface area contributed by atoms with Gasteiger partial charge in [0.25, 0.3) is 0 Å². The highest BCUT2D eigenvalue weighted by Crippen LogP contribution is 2.31. The third-order valence-corrected chi connectivity index (χ3v) is 1.41. The van der Waals surface area contributed by atoms with Crippen molar-refractivity contribution in [3.05, 3.63) is 0 Å². The fraction of sp³-hybridized carbons (Fsp3) is 0.833. The lowest BCUT2D eigenvalue weighted by atomic mass is 9.93. The molecule has 1 heterocycles. The molecule has 3 nitrogen and oxygen atoms in total. The Labute approximate surface area is 53.6 Å². The molecule has 0 aromatic heterocycles. The lowest BCUT2D eigenvalue weighted by Crippen LogP contribution is -2.49. The summed E-state index contributed by atoms with van der Waals surface area (Å²) < 4.78 is 4.99. The number of aliphatic carboxylic acids is 1. The van der Waals surface area contributed by atoms with Crippen LogP contribution in [0, 0.1) is 0 Å². The number of ether oxygens (including phenoxy) is 1. The third-order valence-electron chi connectivity index (χ3n) is 1.41. The minimum absolute atomic E-state index is 0.205. The molecule has 1 fully saturated rings. The Morgan fingerprint density at radius 3 is 2.33 bits per heavy atom. The van der Waals surface area contributed by atoms with Crippen LogP contribution >= 0.6 is 0 Å². The summed E-state index contributed by atoms with van der Waals surface area (Å²) in [4.78, 5) is 10.1. The largest absolute Gasteiger partial charge is 0.479 e. The van der Waals surface area contributed by atoms with Gasteiger partial charge in [0.1, 0.15) is 0 Å². The van der Waals surface area contributed by atoms with Gasteiger partial charge in [0, 0.05) is 6.42 Å². The standard InChI is InChI=1S/C6H10O3/c1-6(2)3-4(9-6)5(7)8/h4H,3H2,1-2H3,(H,7,8). The highest BCUT2D eigenvalue weighted by Gasteiger charge is 2.41. The molecule has 0 aromatic rings. The molecule has 1 aliphatic heterocycles. The van der Waals surface area contributed by atoms with Crippen LogP contribution in [0.3, 0.4) is 0 Å². The van der Waals surface area contributed by atoms with Gasteiger partial charge in [0.15, 0.2) is 6.10 Å². The van der Waals surface area contributed by atoms with Crippen molar-refractivity contribution in [2.24, 2.45) is 0 Å². The molecule has 1 unspecified atom stereocenters. The summed E-state index contributed by atoms with van der Waals surface area (Å²) in [7, 11) is 0. The number of carbonyl (C=O) groups is 1. The quantitative estimate of drug-likeness (QED) is 0.566. The van der Waals surface area contributed by atoms with Crippen molar-refractivity contribution in [2.75, 3.05) is 0 Å². The van der Waals surface area contributed by atoms with Crippen molar-refractivity contribution in [1.82, 2.24) is 0 Å². The minimum Gasteiger partial charge on any atom is -0.479 e. The molecule has 0 bridgehead atoms. The fourth-order valence-electron chi connectivity index (χ4n) is 0.960. The molecule has 3 heteroatoms. The van der Waals surface area contributed by atoms with Gasteiger partial charge < -0.3 is 9.84 Å². The first-order valence-electron chi connectivity index (χ1n) is 2.92. The van der Waals surface area contributed by atoms with Crippen LogP contribution in [0.15, 0.2) is 0 Å². The molecular formula is C6H10O3. The zero-order valence-corrected chi connectivity index (χ0v) is 5.55. The molecule has 0 radical (unpaired) electrons. The van der Waals surface area contributed by atoms with Gasteiger partial charge in [0.05, 0.1) is 5.60 Å². The van der Waals surface area contributed by atoms with Crippen molar-refractivity contribution in [2.45, 2.75) is 32.0 Å². The molecule has 1 atom stereocenters. The molecular weight excluding hydrogens is 120 g/mol. The van der Waals surface area contributed by atoms with Crippen LogP contribution in [0.4, 0.5) is 0 Å². The number of hydrogen-bond donors (Lipinski definition) is 1. The van der Waals surface area contributed by atoms with Gasteiger partial charge in [-0.2, -0.15) is 0 Å². The average molecular weight is 130 g/mol. The topological polar surface area (TPSA) is 46.5 Å². The zero-order chi connectivity index (χ0) is 7.07. The summed E-state index contributed by atoms with van der Waals surface area (Å²) in [6.45, 7) is 3.76.